The van der Waals surface area contributed by atoms with E-state index in [2.05, 4.69) is 16.0 Å². The molecule has 0 spiro atoms. The summed E-state index contributed by atoms with van der Waals surface area (Å²) in [6.45, 7) is 0. The molecular formula is C14H11N2O. The highest BCUT2D eigenvalue weighted by molar-refractivity contribution is 5.80. The minimum absolute atomic E-state index is 0.817. The summed E-state index contributed by atoms with van der Waals surface area (Å²) in [6.07, 6.45) is 0. The van der Waals surface area contributed by atoms with Crippen molar-refractivity contribution in [2.45, 2.75) is 0 Å². The average molecular weight is 223 g/mol. The number of methoxy groups -OCH3 is 1. The van der Waals surface area contributed by atoms with E-state index in [1.165, 1.54) is 0 Å². The van der Waals surface area contributed by atoms with Gasteiger partial charge in [0.25, 0.3) is 0 Å². The van der Waals surface area contributed by atoms with Gasteiger partial charge in [-0.15, -0.1) is 0 Å². The number of nitrogens with zero attached hydrogens (tertiary/aromatic N) is 1. The predicted molar refractivity (Wildman–Crippen MR) is 66.9 cm³/mol. The zero-order valence-corrected chi connectivity index (χ0v) is 9.40. The highest BCUT2D eigenvalue weighted by Gasteiger charge is 2.05. The molecule has 0 saturated heterocycles. The Hall–Kier alpha value is -2.29. The highest BCUT2D eigenvalue weighted by atomic mass is 16.5. The van der Waals surface area contributed by atoms with Crippen LogP contribution in [0.15, 0.2) is 42.5 Å². The molecule has 3 rings (SSSR count). The van der Waals surface area contributed by atoms with Crippen molar-refractivity contribution in [2.24, 2.45) is 0 Å². The number of benzene rings is 2. The Morgan fingerprint density at radius 1 is 1.18 bits per heavy atom. The number of rotatable bonds is 2. The van der Waals surface area contributed by atoms with Gasteiger partial charge in [0.2, 0.25) is 0 Å². The minimum atomic E-state index is 0.817. The van der Waals surface area contributed by atoms with Crippen molar-refractivity contribution in [1.29, 1.82) is 0 Å². The quantitative estimate of drug-likeness (QED) is 0.725. The van der Waals surface area contributed by atoms with E-state index in [1.807, 2.05) is 42.5 Å². The molecular weight excluding hydrogens is 212 g/mol. The molecule has 1 heterocycles. The van der Waals surface area contributed by atoms with Crippen LogP contribution in [0.5, 0.6) is 5.75 Å². The van der Waals surface area contributed by atoms with Crippen LogP contribution in [0.25, 0.3) is 22.4 Å². The van der Waals surface area contributed by atoms with Gasteiger partial charge in [0.15, 0.2) is 0 Å². The van der Waals surface area contributed by atoms with Crippen LogP contribution >= 0.6 is 0 Å². The van der Waals surface area contributed by atoms with Crippen molar-refractivity contribution in [3.05, 3.63) is 48.5 Å². The van der Waals surface area contributed by atoms with Crippen molar-refractivity contribution in [3.63, 3.8) is 0 Å². The predicted octanol–water partition coefficient (Wildman–Crippen LogP) is 3.04. The molecule has 3 aromatic rings. The maximum absolute atomic E-state index is 5.18. The van der Waals surface area contributed by atoms with Crippen LogP contribution < -0.4 is 4.74 Å². The number of nitrogens with one attached hydrogen (secondary N) is 1. The van der Waals surface area contributed by atoms with Crippen molar-refractivity contribution >= 4 is 11.0 Å². The number of hydrogen-bond acceptors (Lipinski definition) is 2. The number of hydrogen-bond donors (Lipinski definition) is 1. The summed E-state index contributed by atoms with van der Waals surface area (Å²) in [6, 6.07) is 16.5. The molecule has 1 N–H and O–H groups in total. The maximum Gasteiger partial charge on any atom is 0.138 e. The van der Waals surface area contributed by atoms with Gasteiger partial charge in [0.05, 0.1) is 18.1 Å². The number of aromatic nitrogens is 2. The summed E-state index contributed by atoms with van der Waals surface area (Å²) in [7, 11) is 1.65. The Labute approximate surface area is 99.1 Å². The summed E-state index contributed by atoms with van der Waals surface area (Å²) < 4.78 is 5.18. The third kappa shape index (κ3) is 1.76. The lowest BCUT2D eigenvalue weighted by atomic mass is 10.2. The maximum atomic E-state index is 5.18. The van der Waals surface area contributed by atoms with Crippen molar-refractivity contribution < 1.29 is 4.74 Å². The normalized spacial score (nSPS) is 10.6. The van der Waals surface area contributed by atoms with E-state index in [1.54, 1.807) is 7.11 Å². The van der Waals surface area contributed by atoms with E-state index in [0.29, 0.717) is 0 Å². The number of H-pyrrole nitrogens is 1. The highest BCUT2D eigenvalue weighted by Crippen LogP contribution is 2.23. The van der Waals surface area contributed by atoms with E-state index in [9.17, 15) is 0 Å². The zero-order valence-electron chi connectivity index (χ0n) is 9.40. The first-order valence-corrected chi connectivity index (χ1v) is 5.37. The lowest BCUT2D eigenvalue weighted by molar-refractivity contribution is 0.415. The van der Waals surface area contributed by atoms with E-state index in [4.69, 9.17) is 4.74 Å². The van der Waals surface area contributed by atoms with E-state index >= 15 is 0 Å². The van der Waals surface area contributed by atoms with Gasteiger partial charge in [-0.25, -0.2) is 4.98 Å². The van der Waals surface area contributed by atoms with Crippen LogP contribution in [0.1, 0.15) is 0 Å². The largest absolute Gasteiger partial charge is 0.497 e. The second-order valence-corrected chi connectivity index (χ2v) is 3.76. The van der Waals surface area contributed by atoms with Gasteiger partial charge in [-0.05, 0) is 18.2 Å². The lowest BCUT2D eigenvalue weighted by Crippen LogP contribution is -1.81. The molecule has 2 aromatic carbocycles. The molecule has 0 saturated carbocycles. The zero-order chi connectivity index (χ0) is 11.7. The van der Waals surface area contributed by atoms with Crippen LogP contribution in [0.3, 0.4) is 0 Å². The number of imidazole rings is 1. The molecule has 0 bridgehead atoms. The first kappa shape index (κ1) is 9.90. The summed E-state index contributed by atoms with van der Waals surface area (Å²) >= 11 is 0. The summed E-state index contributed by atoms with van der Waals surface area (Å²) in [5.74, 6) is 1.68. The van der Waals surface area contributed by atoms with E-state index < -0.39 is 0 Å². The molecule has 0 amide bonds. The number of fused-ring (bicyclic) bond motifs is 1. The third-order valence-corrected chi connectivity index (χ3v) is 2.68. The average Bonchev–Trinajstić information content (AvgIpc) is 2.82. The van der Waals surface area contributed by atoms with Gasteiger partial charge in [-0.3, -0.25) is 0 Å². The molecule has 1 aromatic heterocycles. The summed E-state index contributed by atoms with van der Waals surface area (Å²) in [4.78, 5) is 7.82. The molecule has 0 fully saturated rings. The molecule has 0 aliphatic carbocycles. The van der Waals surface area contributed by atoms with Gasteiger partial charge in [0, 0.05) is 11.6 Å². The van der Waals surface area contributed by atoms with Gasteiger partial charge >= 0.3 is 0 Å². The monoisotopic (exact) mass is 223 g/mol. The molecule has 0 atom stereocenters. The second-order valence-electron chi connectivity index (χ2n) is 3.76. The number of ether oxygens (including phenoxy) is 1. The van der Waals surface area contributed by atoms with E-state index in [-0.39, 0.29) is 0 Å². The van der Waals surface area contributed by atoms with Crippen LogP contribution in [0.2, 0.25) is 0 Å². The Morgan fingerprint density at radius 2 is 2.00 bits per heavy atom. The van der Waals surface area contributed by atoms with Gasteiger partial charge in [0.1, 0.15) is 11.6 Å². The molecule has 83 valence electrons. The van der Waals surface area contributed by atoms with Crippen LogP contribution in [-0.2, 0) is 0 Å². The van der Waals surface area contributed by atoms with Crippen LogP contribution in [0.4, 0.5) is 0 Å². The first-order valence-electron chi connectivity index (χ1n) is 5.37. The molecule has 3 nitrogen and oxygen atoms in total. The smallest absolute Gasteiger partial charge is 0.138 e. The molecule has 0 aliphatic rings. The Balaban J connectivity index is 2.14. The fourth-order valence-electron chi connectivity index (χ4n) is 1.79. The minimum Gasteiger partial charge on any atom is -0.497 e. The topological polar surface area (TPSA) is 37.9 Å². The van der Waals surface area contributed by atoms with Gasteiger partial charge in [-0.2, -0.15) is 0 Å². The Bertz CT molecular complexity index is 644. The second kappa shape index (κ2) is 3.94. The molecule has 0 aliphatic heterocycles. The van der Waals surface area contributed by atoms with Crippen LogP contribution in [-0.4, -0.2) is 17.1 Å². The van der Waals surface area contributed by atoms with Crippen molar-refractivity contribution in [1.82, 2.24) is 9.97 Å². The first-order chi connectivity index (χ1) is 8.36. The third-order valence-electron chi connectivity index (χ3n) is 2.68. The molecule has 1 radical (unpaired) electrons. The fourth-order valence-corrected chi connectivity index (χ4v) is 1.79. The molecule has 17 heavy (non-hydrogen) atoms. The standard InChI is InChI=1S/C14H11N2O/c1-17-11-7-8-12-13(9-11)16-14(15-12)10-5-3-2-4-6-10/h3-9H,1H3,(H,15,16). The van der Waals surface area contributed by atoms with Gasteiger partial charge in [-0.1, -0.05) is 24.3 Å². The SMILES string of the molecule is COc1ccc2[nH]c(-c3cc[c]cc3)nc2c1. The Kier molecular flexibility index (Phi) is 2.29. The molecule has 3 heteroatoms. The summed E-state index contributed by atoms with van der Waals surface area (Å²) in [5, 5.41) is 0. The lowest BCUT2D eigenvalue weighted by Gasteiger charge is -1.96. The summed E-state index contributed by atoms with van der Waals surface area (Å²) in [5.41, 5.74) is 2.97. The van der Waals surface area contributed by atoms with Crippen molar-refractivity contribution in [2.75, 3.05) is 7.11 Å². The van der Waals surface area contributed by atoms with Crippen molar-refractivity contribution in [3.8, 4) is 17.1 Å². The number of aromatic amines is 1. The molecule has 0 unspecified atom stereocenters. The van der Waals surface area contributed by atoms with Crippen LogP contribution in [0, 0.1) is 6.07 Å². The Morgan fingerprint density at radius 3 is 2.76 bits per heavy atom. The van der Waals surface area contributed by atoms with E-state index in [0.717, 1.165) is 28.2 Å². The fraction of sp³-hybridized carbons (Fsp3) is 0.0714. The van der Waals surface area contributed by atoms with Gasteiger partial charge < -0.3 is 9.72 Å².